The number of nitrogen functional groups attached to an aromatic ring is 1. The van der Waals surface area contributed by atoms with Crippen LogP contribution in [0, 0.1) is 5.92 Å². The molecule has 1 amide bonds. The van der Waals surface area contributed by atoms with Gasteiger partial charge >= 0.3 is 6.18 Å². The highest BCUT2D eigenvalue weighted by Crippen LogP contribution is 2.40. The molecule has 2 heterocycles. The van der Waals surface area contributed by atoms with Crippen LogP contribution in [-0.4, -0.2) is 27.3 Å². The van der Waals surface area contributed by atoms with Gasteiger partial charge in [0.05, 0.1) is 17.3 Å². The Balaban J connectivity index is 1.68. The maximum absolute atomic E-state index is 13.0. The summed E-state index contributed by atoms with van der Waals surface area (Å²) in [6.45, 7) is 0.663. The molecule has 2 fully saturated rings. The molecule has 1 atom stereocenters. The Morgan fingerprint density at radius 2 is 1.76 bits per heavy atom. The second-order valence-electron chi connectivity index (χ2n) is 7.77. The number of hydrogen-bond acceptors (Lipinski definition) is 4. The zero-order valence-electron chi connectivity index (χ0n) is 16.0. The summed E-state index contributed by atoms with van der Waals surface area (Å²) < 4.78 is 38.7. The van der Waals surface area contributed by atoms with Gasteiger partial charge in [-0.2, -0.15) is 13.2 Å². The van der Waals surface area contributed by atoms with Crippen molar-refractivity contribution < 1.29 is 18.0 Å². The van der Waals surface area contributed by atoms with Crippen LogP contribution in [0.4, 0.5) is 19.1 Å². The number of amides is 1. The van der Waals surface area contributed by atoms with E-state index < -0.39 is 11.7 Å². The summed E-state index contributed by atoms with van der Waals surface area (Å²) in [5.41, 5.74) is 6.92. The average molecular weight is 404 g/mol. The molecule has 1 unspecified atom stereocenters. The smallest absolute Gasteiger partial charge is 0.368 e. The predicted octanol–water partition coefficient (Wildman–Crippen LogP) is 4.60. The van der Waals surface area contributed by atoms with E-state index in [0.717, 1.165) is 50.7 Å². The maximum atomic E-state index is 13.0. The summed E-state index contributed by atoms with van der Waals surface area (Å²) in [6, 6.07) is 4.70. The van der Waals surface area contributed by atoms with Gasteiger partial charge in [0.2, 0.25) is 11.9 Å². The van der Waals surface area contributed by atoms with Crippen molar-refractivity contribution in [2.75, 3.05) is 12.3 Å². The third-order valence-electron chi connectivity index (χ3n) is 5.92. The number of likely N-dealkylation sites (tertiary alicyclic amines) is 1. The van der Waals surface area contributed by atoms with Crippen LogP contribution in [0.2, 0.25) is 0 Å². The molecule has 1 aliphatic carbocycles. The standard InChI is InChI=1S/C21H23F3N4O/c22-21(23,24)15-9-7-13(8-10-15)16-12-26-20(25)27-18(16)17-6-3-11-28(17)19(29)14-4-1-2-5-14/h7-10,12,14,17H,1-6,11H2,(H2,25,26,27). The van der Waals surface area contributed by atoms with Crippen molar-refractivity contribution >= 4 is 11.9 Å². The van der Waals surface area contributed by atoms with Crippen molar-refractivity contribution in [2.24, 2.45) is 5.92 Å². The number of alkyl halides is 3. The van der Waals surface area contributed by atoms with Gasteiger partial charge in [-0.15, -0.1) is 0 Å². The molecule has 2 aliphatic rings. The molecule has 1 saturated heterocycles. The Morgan fingerprint density at radius 1 is 1.07 bits per heavy atom. The lowest BCUT2D eigenvalue weighted by Gasteiger charge is -2.28. The highest BCUT2D eigenvalue weighted by Gasteiger charge is 2.37. The van der Waals surface area contributed by atoms with Crippen LogP contribution in [0.5, 0.6) is 0 Å². The van der Waals surface area contributed by atoms with E-state index in [9.17, 15) is 18.0 Å². The topological polar surface area (TPSA) is 72.1 Å². The van der Waals surface area contributed by atoms with Gasteiger partial charge in [0.1, 0.15) is 0 Å². The van der Waals surface area contributed by atoms with Gasteiger partial charge in [0.25, 0.3) is 0 Å². The Hall–Kier alpha value is -2.64. The van der Waals surface area contributed by atoms with E-state index in [0.29, 0.717) is 23.4 Å². The Bertz CT molecular complexity index is 892. The van der Waals surface area contributed by atoms with Gasteiger partial charge in [-0.25, -0.2) is 9.97 Å². The molecule has 0 radical (unpaired) electrons. The molecular formula is C21H23F3N4O. The molecule has 1 aromatic heterocycles. The molecule has 2 aromatic rings. The summed E-state index contributed by atoms with van der Waals surface area (Å²) in [6.07, 6.45) is 2.74. The van der Waals surface area contributed by atoms with Gasteiger partial charge in [0, 0.05) is 24.2 Å². The van der Waals surface area contributed by atoms with E-state index >= 15 is 0 Å². The summed E-state index contributed by atoms with van der Waals surface area (Å²) in [5, 5.41) is 0. The van der Waals surface area contributed by atoms with Gasteiger partial charge in [-0.3, -0.25) is 4.79 Å². The summed E-state index contributed by atoms with van der Waals surface area (Å²) >= 11 is 0. The molecule has 5 nitrogen and oxygen atoms in total. The largest absolute Gasteiger partial charge is 0.416 e. The summed E-state index contributed by atoms with van der Waals surface area (Å²) in [5.74, 6) is 0.306. The monoisotopic (exact) mass is 404 g/mol. The van der Waals surface area contributed by atoms with E-state index in [4.69, 9.17) is 5.73 Å². The average Bonchev–Trinajstić information content (AvgIpc) is 3.39. The molecule has 29 heavy (non-hydrogen) atoms. The van der Waals surface area contributed by atoms with Crippen LogP contribution in [0.3, 0.4) is 0 Å². The molecule has 4 rings (SSSR count). The van der Waals surface area contributed by atoms with Crippen molar-refractivity contribution in [3.63, 3.8) is 0 Å². The van der Waals surface area contributed by atoms with Crippen LogP contribution in [-0.2, 0) is 11.0 Å². The molecule has 0 spiro atoms. The number of aromatic nitrogens is 2. The Kier molecular flexibility index (Phi) is 5.19. The van der Waals surface area contributed by atoms with Gasteiger partial charge in [-0.05, 0) is 43.4 Å². The first-order valence-electron chi connectivity index (χ1n) is 9.95. The number of carbonyl (C=O) groups excluding carboxylic acids is 1. The Labute approximate surface area is 167 Å². The first-order chi connectivity index (χ1) is 13.8. The van der Waals surface area contributed by atoms with E-state index in [2.05, 4.69) is 9.97 Å². The van der Waals surface area contributed by atoms with Gasteiger partial charge < -0.3 is 10.6 Å². The van der Waals surface area contributed by atoms with Crippen LogP contribution in [0.1, 0.15) is 55.8 Å². The molecule has 1 aliphatic heterocycles. The fourth-order valence-corrected chi connectivity index (χ4v) is 4.45. The molecule has 1 saturated carbocycles. The van der Waals surface area contributed by atoms with Crippen LogP contribution in [0.25, 0.3) is 11.1 Å². The molecular weight excluding hydrogens is 381 g/mol. The number of halogens is 3. The number of nitrogens with zero attached hydrogens (tertiary/aromatic N) is 3. The van der Waals surface area contributed by atoms with E-state index in [1.54, 1.807) is 0 Å². The molecule has 0 bridgehead atoms. The second kappa shape index (κ2) is 7.65. The maximum Gasteiger partial charge on any atom is 0.416 e. The minimum atomic E-state index is -4.39. The summed E-state index contributed by atoms with van der Waals surface area (Å²) in [7, 11) is 0. The highest BCUT2D eigenvalue weighted by molar-refractivity contribution is 5.80. The van der Waals surface area contributed by atoms with Crippen LogP contribution >= 0.6 is 0 Å². The zero-order chi connectivity index (χ0) is 20.6. The summed E-state index contributed by atoms with van der Waals surface area (Å²) in [4.78, 5) is 23.4. The van der Waals surface area contributed by atoms with Crippen molar-refractivity contribution in [1.29, 1.82) is 0 Å². The zero-order valence-corrected chi connectivity index (χ0v) is 16.0. The Morgan fingerprint density at radius 3 is 2.41 bits per heavy atom. The number of carbonyl (C=O) groups is 1. The molecule has 154 valence electrons. The highest BCUT2D eigenvalue weighted by atomic mass is 19.4. The minimum absolute atomic E-state index is 0.0595. The fourth-order valence-electron chi connectivity index (χ4n) is 4.45. The normalized spacial score (nSPS) is 20.4. The third-order valence-corrected chi connectivity index (χ3v) is 5.92. The lowest BCUT2D eigenvalue weighted by atomic mass is 9.98. The first kappa shape index (κ1) is 19.7. The van der Waals surface area contributed by atoms with Gasteiger partial charge in [-0.1, -0.05) is 25.0 Å². The van der Waals surface area contributed by atoms with Crippen molar-refractivity contribution in [2.45, 2.75) is 50.7 Å². The SMILES string of the molecule is Nc1ncc(-c2ccc(C(F)(F)F)cc2)c(C2CCCN2C(=O)C2CCCC2)n1. The van der Waals surface area contributed by atoms with Crippen LogP contribution < -0.4 is 5.73 Å². The van der Waals surface area contributed by atoms with Crippen LogP contribution in [0.15, 0.2) is 30.5 Å². The number of hydrogen-bond donors (Lipinski definition) is 1. The molecule has 1 aromatic carbocycles. The van der Waals surface area contributed by atoms with E-state index in [1.165, 1.54) is 18.3 Å². The number of rotatable bonds is 3. The lowest BCUT2D eigenvalue weighted by molar-refractivity contribution is -0.138. The third kappa shape index (κ3) is 3.93. The van der Waals surface area contributed by atoms with Gasteiger partial charge in [0.15, 0.2) is 0 Å². The first-order valence-corrected chi connectivity index (χ1v) is 9.95. The van der Waals surface area contributed by atoms with Crippen molar-refractivity contribution in [3.05, 3.63) is 41.7 Å². The lowest BCUT2D eigenvalue weighted by Crippen LogP contribution is -2.35. The number of nitrogens with two attached hydrogens (primary N) is 1. The molecule has 8 heteroatoms. The fraction of sp³-hybridized carbons (Fsp3) is 0.476. The van der Waals surface area contributed by atoms with Crippen molar-refractivity contribution in [3.8, 4) is 11.1 Å². The minimum Gasteiger partial charge on any atom is -0.368 e. The van der Waals surface area contributed by atoms with E-state index in [-0.39, 0.29) is 23.8 Å². The predicted molar refractivity (Wildman–Crippen MR) is 103 cm³/mol. The quantitative estimate of drug-likeness (QED) is 0.812. The number of anilines is 1. The second-order valence-corrected chi connectivity index (χ2v) is 7.77. The van der Waals surface area contributed by atoms with E-state index in [1.807, 2.05) is 4.90 Å². The van der Waals surface area contributed by atoms with Crippen molar-refractivity contribution in [1.82, 2.24) is 14.9 Å². The number of benzene rings is 1. The molecule has 2 N–H and O–H groups in total.